The quantitative estimate of drug-likeness (QED) is 0.0403. The van der Waals surface area contributed by atoms with E-state index in [-0.39, 0.29) is 35.2 Å². The number of aliphatic hydroxyl groups excluding tert-OH is 3. The molecule has 2 aliphatic heterocycles. The van der Waals surface area contributed by atoms with Crippen molar-refractivity contribution in [1.29, 1.82) is 0 Å². The van der Waals surface area contributed by atoms with Crippen LogP contribution >= 0.6 is 0 Å². The number of methoxy groups -OCH3 is 1. The molecule has 3 rings (SSSR count). The number of anilines is 1. The van der Waals surface area contributed by atoms with Crippen LogP contribution in [0.2, 0.25) is 0 Å². The third-order valence-electron chi connectivity index (χ3n) is 7.11. The Morgan fingerprint density at radius 1 is 1.18 bits per heavy atom. The molecule has 1 aromatic rings. The van der Waals surface area contributed by atoms with Gasteiger partial charge < -0.3 is 59.3 Å². The molecule has 2 fully saturated rings. The van der Waals surface area contributed by atoms with Gasteiger partial charge in [0.2, 0.25) is 12.2 Å². The van der Waals surface area contributed by atoms with E-state index in [1.807, 2.05) is 20.9 Å². The topological polar surface area (TPSA) is 201 Å². The summed E-state index contributed by atoms with van der Waals surface area (Å²) in [5.74, 6) is -1.30. The number of aldehydes is 1. The second-order valence-corrected chi connectivity index (χ2v) is 10.3. The summed E-state index contributed by atoms with van der Waals surface area (Å²) in [6, 6.07) is 4.22. The number of nitrogens with one attached hydrogen (secondary N) is 2. The molecule has 3 unspecified atom stereocenters. The van der Waals surface area contributed by atoms with E-state index in [4.69, 9.17) is 9.47 Å². The zero-order valence-corrected chi connectivity index (χ0v) is 28.5. The Morgan fingerprint density at radius 3 is 2.42 bits per heavy atom. The number of likely N-dealkylation sites (tertiary alicyclic amines) is 1. The molecule has 2 saturated heterocycles. The molecule has 0 spiro atoms. The first kappa shape index (κ1) is 40.6. The van der Waals surface area contributed by atoms with Crippen molar-refractivity contribution in [3.8, 4) is 5.75 Å². The monoisotopic (exact) mass is 882 g/mol. The van der Waals surface area contributed by atoms with E-state index in [0.29, 0.717) is 31.7 Å². The number of carboxylic acid groups (broad SMARTS) is 1. The Hall–Kier alpha value is -4.40. The zero-order chi connectivity index (χ0) is 33.3. The number of carbonyl (C=O) groups is 3. The van der Waals surface area contributed by atoms with Crippen LogP contribution in [0, 0.1) is 0 Å². The van der Waals surface area contributed by atoms with E-state index in [0.717, 1.165) is 12.8 Å². The van der Waals surface area contributed by atoms with Gasteiger partial charge in [0.05, 0.1) is 25.9 Å². The Morgan fingerprint density at radius 2 is 1.87 bits per heavy atom. The van der Waals surface area contributed by atoms with Crippen molar-refractivity contribution in [3.05, 3.63) is 36.4 Å². The number of carbonyl (C=O) groups excluding carboxylic acids is 3. The first-order valence-corrected chi connectivity index (χ1v) is 14.5. The molecule has 0 radical (unpaired) electrons. The van der Waals surface area contributed by atoms with Crippen LogP contribution in [0.3, 0.4) is 0 Å². The predicted molar refractivity (Wildman–Crippen MR) is 160 cm³/mol. The number of carboxylic acids is 1. The number of benzene rings is 1. The predicted octanol–water partition coefficient (Wildman–Crippen LogP) is 0.486. The SMILES string of the molecule is C=CCOC.CC.C[N+]1(Cc2ccc(O[C@@H]3OC(C=O)[C@@H](O)C(O)[C@H]3O)c(NC(=O)CCN[C-]=O)c2)CCCC[C@@H]1C(=O)O.[Fm]. The third-order valence-corrected chi connectivity index (χ3v) is 7.11. The molecule has 14 nitrogen and oxygen atoms in total. The fraction of sp³-hybridized carbons (Fsp3) is 0.600. The number of aliphatic hydroxyl groups is 3. The van der Waals surface area contributed by atoms with Gasteiger partial charge in [-0.3, -0.25) is 4.79 Å². The number of ether oxygens (including phenoxy) is 3. The summed E-state index contributed by atoms with van der Waals surface area (Å²) in [5, 5.41) is 45.0. The van der Waals surface area contributed by atoms with Crippen LogP contribution in [0.4, 0.5) is 5.69 Å². The van der Waals surface area contributed by atoms with Gasteiger partial charge in [-0.25, -0.2) is 4.79 Å². The number of hydrogen-bond acceptors (Lipinski definition) is 10. The van der Waals surface area contributed by atoms with Crippen molar-refractivity contribution >= 4 is 30.3 Å². The maximum atomic E-state index is 12.5. The van der Waals surface area contributed by atoms with Crippen molar-refractivity contribution in [1.82, 2.24) is 5.32 Å². The van der Waals surface area contributed by atoms with Gasteiger partial charge in [-0.1, -0.05) is 19.9 Å². The molecular weight excluding hydrogens is 835 g/mol. The Bertz CT molecular complexity index is 1080. The van der Waals surface area contributed by atoms with Gasteiger partial charge in [0.15, 0.2) is 12.3 Å². The van der Waals surface area contributed by atoms with Gasteiger partial charge in [-0.15, -0.1) is 6.58 Å². The maximum Gasteiger partial charge on any atom is 0.362 e. The smallest absolute Gasteiger partial charge is 0.362 e. The van der Waals surface area contributed by atoms with E-state index >= 15 is 0 Å². The van der Waals surface area contributed by atoms with Crippen LogP contribution in [-0.4, -0.2) is 120 Å². The summed E-state index contributed by atoms with van der Waals surface area (Å²) < 4.78 is 15.9. The number of amides is 2. The van der Waals surface area contributed by atoms with Crippen molar-refractivity contribution in [2.75, 3.05) is 39.2 Å². The minimum atomic E-state index is -1.71. The normalized spacial score (nSPS) is 27.0. The van der Waals surface area contributed by atoms with E-state index in [9.17, 15) is 39.6 Å². The molecule has 0 aliphatic carbocycles. The number of likely N-dealkylation sites (N-methyl/N-ethyl adjacent to an activating group) is 1. The molecule has 0 aromatic heterocycles. The molecule has 7 atom stereocenters. The number of rotatable bonds is 13. The number of nitrogens with zero attached hydrogens (tertiary/aromatic N) is 1. The van der Waals surface area contributed by atoms with Crippen LogP contribution in [0.25, 0.3) is 0 Å². The number of piperidine rings is 1. The fourth-order valence-corrected chi connectivity index (χ4v) is 4.92. The van der Waals surface area contributed by atoms with Crippen molar-refractivity contribution in [3.63, 3.8) is 0 Å². The van der Waals surface area contributed by atoms with Crippen molar-refractivity contribution in [2.45, 2.75) is 82.8 Å². The molecule has 2 aliphatic rings. The Balaban J connectivity index is 0.00000220. The summed E-state index contributed by atoms with van der Waals surface area (Å²) in [4.78, 5) is 45.9. The second kappa shape index (κ2) is 20.5. The van der Waals surface area contributed by atoms with Crippen LogP contribution in [0.15, 0.2) is 30.9 Å². The average molecular weight is 883 g/mol. The van der Waals surface area contributed by atoms with Crippen LogP contribution in [0.1, 0.15) is 45.1 Å². The maximum absolute atomic E-state index is 12.5. The van der Waals surface area contributed by atoms with E-state index < -0.39 is 48.6 Å². The summed E-state index contributed by atoms with van der Waals surface area (Å²) in [5.41, 5.74) is 0.885. The average Bonchev–Trinajstić information content (AvgIpc) is 3.00. The molecule has 2 heterocycles. The van der Waals surface area contributed by atoms with Gasteiger partial charge in [-0.05, 0) is 37.6 Å². The molecule has 0 bridgehead atoms. The standard InChI is InChI=1S/C24H33N3O10.C4H8O.C2H6.Fm/c1-27(9-3-2-4-16(27)23(34)35)11-14-5-6-17(15(10-14)26-19(30)7-8-25-13-29)36-24-22(33)21(32)20(31)18(12-28)37-24;1-3-4-5-2;1-2;/h5-6,10,12,16,18,20-22,24,31-33H,2-4,7-9,11H2,1H3,(H,25,29)(H,26,30)(H,34,35);3H,1,4H2,2H3;1-2H3;/t16-,18?,20-,21?,22-,24-,27?;;;/m1.../s1. The van der Waals surface area contributed by atoms with Crippen LogP contribution in [-0.2, 0) is 35.2 Å². The van der Waals surface area contributed by atoms with Gasteiger partial charge in [0.25, 0.3) is 0 Å². The molecule has 1 aromatic carbocycles. The fourth-order valence-electron chi connectivity index (χ4n) is 4.92. The number of hydrogen-bond donors (Lipinski definition) is 6. The Labute approximate surface area is 258 Å². The first-order valence-electron chi connectivity index (χ1n) is 14.5. The van der Waals surface area contributed by atoms with Gasteiger partial charge in [-0.2, -0.15) is 6.41 Å². The van der Waals surface area contributed by atoms with Gasteiger partial charge in [0, 0.05) is 25.5 Å². The summed E-state index contributed by atoms with van der Waals surface area (Å²) in [6.07, 6.45) is -2.38. The molecule has 6 N–H and O–H groups in total. The van der Waals surface area contributed by atoms with Crippen molar-refractivity contribution in [2.24, 2.45) is 0 Å². The number of aliphatic carboxylic acids is 1. The molecule has 45 heavy (non-hydrogen) atoms. The van der Waals surface area contributed by atoms with Crippen molar-refractivity contribution < 1.29 is 58.3 Å². The molecule has 15 heteroatoms. The number of quaternary nitrogens is 1. The second-order valence-electron chi connectivity index (χ2n) is 10.3. The van der Waals surface area contributed by atoms with Crippen LogP contribution < -0.4 is 15.4 Å². The molecule has 2 amide bonds. The summed E-state index contributed by atoms with van der Waals surface area (Å²) >= 11 is 0. The largest absolute Gasteiger partial charge is 0.529 e. The summed E-state index contributed by atoms with van der Waals surface area (Å²) in [6.45, 7) is 9.15. The minimum Gasteiger partial charge on any atom is -0.529 e. The first-order chi connectivity index (χ1) is 21.0. The van der Waals surface area contributed by atoms with E-state index in [1.165, 1.54) is 12.5 Å². The van der Waals surface area contributed by atoms with Gasteiger partial charge in [0.1, 0.15) is 36.7 Å². The molecule has 0 saturated carbocycles. The van der Waals surface area contributed by atoms with E-state index in [2.05, 4.69) is 21.9 Å². The van der Waals surface area contributed by atoms with Gasteiger partial charge >= 0.3 is 5.97 Å². The third kappa shape index (κ3) is 11.9. The zero-order valence-electron chi connectivity index (χ0n) is 26.1. The molecule has 260 valence electrons. The minimum absolute atomic E-state index is 0. The molecular formula is C30H47FmN3O11. The van der Waals surface area contributed by atoms with E-state index in [1.54, 1.807) is 25.3 Å². The summed E-state index contributed by atoms with van der Waals surface area (Å²) in [7, 11) is 3.52. The Kier molecular flexibility index (Phi) is 18.5. The van der Waals surface area contributed by atoms with Crippen LogP contribution in [0.5, 0.6) is 5.75 Å².